The first-order chi connectivity index (χ1) is 7.22. The maximum absolute atomic E-state index is 11.6. The molecule has 1 aliphatic carbocycles. The van der Waals surface area contributed by atoms with Crippen LogP contribution in [0.4, 0.5) is 0 Å². The average molecular weight is 225 g/mol. The molecule has 2 rings (SSSR count). The quantitative estimate of drug-likeness (QED) is 0.771. The molecule has 1 saturated carbocycles. The van der Waals surface area contributed by atoms with Gasteiger partial charge >= 0.3 is 0 Å². The second-order valence-corrected chi connectivity index (χ2v) is 4.21. The number of ketones is 1. The van der Waals surface area contributed by atoms with Gasteiger partial charge < -0.3 is 4.74 Å². The fourth-order valence-corrected chi connectivity index (χ4v) is 2.33. The molecule has 1 aliphatic rings. The van der Waals surface area contributed by atoms with E-state index in [2.05, 4.69) is 0 Å². The van der Waals surface area contributed by atoms with Gasteiger partial charge in [-0.3, -0.25) is 4.79 Å². The molecule has 3 heteroatoms. The molecule has 1 aromatic rings. The molecule has 0 spiro atoms. The van der Waals surface area contributed by atoms with Crippen molar-refractivity contribution in [2.24, 2.45) is 0 Å². The summed E-state index contributed by atoms with van der Waals surface area (Å²) in [4.78, 5) is 11.6. The Balaban J connectivity index is 2.29. The summed E-state index contributed by atoms with van der Waals surface area (Å²) in [6.45, 7) is 0. The van der Waals surface area contributed by atoms with Crippen LogP contribution in [-0.2, 0) is 4.79 Å². The molecule has 0 amide bonds. The van der Waals surface area contributed by atoms with Gasteiger partial charge in [0.2, 0.25) is 0 Å². The van der Waals surface area contributed by atoms with Crippen LogP contribution in [0.25, 0.3) is 0 Å². The molecule has 0 aromatic heterocycles. The molecular weight excluding hydrogens is 212 g/mol. The Labute approximate surface area is 94.2 Å². The van der Waals surface area contributed by atoms with Crippen molar-refractivity contribution in [2.45, 2.75) is 25.2 Å². The topological polar surface area (TPSA) is 26.3 Å². The molecule has 0 heterocycles. The van der Waals surface area contributed by atoms with Crippen molar-refractivity contribution < 1.29 is 9.53 Å². The van der Waals surface area contributed by atoms with E-state index in [4.69, 9.17) is 16.3 Å². The van der Waals surface area contributed by atoms with Crippen molar-refractivity contribution in [1.82, 2.24) is 0 Å². The number of hydrogen-bond acceptors (Lipinski definition) is 2. The molecule has 2 nitrogen and oxygen atoms in total. The minimum absolute atomic E-state index is 0.0495. The van der Waals surface area contributed by atoms with Crippen LogP contribution >= 0.6 is 11.6 Å². The molecule has 1 atom stereocenters. The zero-order valence-corrected chi connectivity index (χ0v) is 9.38. The van der Waals surface area contributed by atoms with Crippen LogP contribution in [0.3, 0.4) is 0 Å². The monoisotopic (exact) mass is 224 g/mol. The van der Waals surface area contributed by atoms with Crippen LogP contribution in [0.5, 0.6) is 5.75 Å². The van der Waals surface area contributed by atoms with Gasteiger partial charge in [0.15, 0.2) is 0 Å². The number of carbonyl (C=O) groups excluding carboxylic acids is 1. The molecule has 0 bridgehead atoms. The zero-order valence-electron chi connectivity index (χ0n) is 8.63. The van der Waals surface area contributed by atoms with Crippen molar-refractivity contribution >= 4 is 17.4 Å². The highest BCUT2D eigenvalue weighted by Gasteiger charge is 2.26. The first-order valence-electron chi connectivity index (χ1n) is 5.08. The normalized spacial score (nSPS) is 20.7. The number of ether oxygens (including phenoxy) is 1. The Morgan fingerprint density at radius 2 is 2.27 bits per heavy atom. The Morgan fingerprint density at radius 3 is 2.80 bits per heavy atom. The Morgan fingerprint density at radius 1 is 1.47 bits per heavy atom. The van der Waals surface area contributed by atoms with E-state index in [-0.39, 0.29) is 5.92 Å². The highest BCUT2D eigenvalue weighted by atomic mass is 35.5. The maximum atomic E-state index is 11.6. The van der Waals surface area contributed by atoms with Gasteiger partial charge in [-0.2, -0.15) is 0 Å². The van der Waals surface area contributed by atoms with Crippen molar-refractivity contribution in [3.63, 3.8) is 0 Å². The van der Waals surface area contributed by atoms with Crippen LogP contribution in [-0.4, -0.2) is 12.9 Å². The maximum Gasteiger partial charge on any atom is 0.140 e. The van der Waals surface area contributed by atoms with E-state index in [1.165, 1.54) is 0 Å². The third-order valence-corrected chi connectivity index (χ3v) is 3.18. The fraction of sp³-hybridized carbons (Fsp3) is 0.417. The third-order valence-electron chi connectivity index (χ3n) is 2.88. The van der Waals surface area contributed by atoms with Crippen molar-refractivity contribution in [3.8, 4) is 5.75 Å². The standard InChI is InChI=1S/C12H13ClO2/c1-15-12-6-5-8(7-10(12)13)9-3-2-4-11(9)14/h5-7,9H,2-4H2,1H3. The van der Waals surface area contributed by atoms with E-state index in [1.54, 1.807) is 7.11 Å². The highest BCUT2D eigenvalue weighted by Crippen LogP contribution is 2.34. The number of carbonyl (C=O) groups is 1. The predicted octanol–water partition coefficient (Wildman–Crippen LogP) is 3.19. The van der Waals surface area contributed by atoms with E-state index in [0.717, 1.165) is 18.4 Å². The van der Waals surface area contributed by atoms with Gasteiger partial charge in [0.1, 0.15) is 11.5 Å². The van der Waals surface area contributed by atoms with Crippen LogP contribution in [0, 0.1) is 0 Å². The SMILES string of the molecule is COc1ccc(C2CCCC2=O)cc1Cl. The van der Waals surface area contributed by atoms with E-state index in [1.807, 2.05) is 18.2 Å². The van der Waals surface area contributed by atoms with Crippen LogP contribution < -0.4 is 4.74 Å². The Hall–Kier alpha value is -1.02. The minimum Gasteiger partial charge on any atom is -0.495 e. The summed E-state index contributed by atoms with van der Waals surface area (Å²) >= 11 is 6.02. The first-order valence-corrected chi connectivity index (χ1v) is 5.46. The lowest BCUT2D eigenvalue weighted by atomic mass is 9.97. The molecule has 1 fully saturated rings. The molecule has 0 aliphatic heterocycles. The van der Waals surface area contributed by atoms with E-state index in [0.29, 0.717) is 23.0 Å². The van der Waals surface area contributed by atoms with Gasteiger partial charge in [0.25, 0.3) is 0 Å². The van der Waals surface area contributed by atoms with Crippen molar-refractivity contribution in [2.75, 3.05) is 7.11 Å². The lowest BCUT2D eigenvalue weighted by Gasteiger charge is -2.10. The average Bonchev–Trinajstić information content (AvgIpc) is 2.64. The van der Waals surface area contributed by atoms with Gasteiger partial charge in [-0.25, -0.2) is 0 Å². The fourth-order valence-electron chi connectivity index (χ4n) is 2.07. The molecule has 15 heavy (non-hydrogen) atoms. The summed E-state index contributed by atoms with van der Waals surface area (Å²) in [6.07, 6.45) is 2.64. The molecule has 1 unspecified atom stereocenters. The minimum atomic E-state index is 0.0495. The van der Waals surface area contributed by atoms with E-state index in [9.17, 15) is 4.79 Å². The van der Waals surface area contributed by atoms with Gasteiger partial charge in [-0.15, -0.1) is 0 Å². The van der Waals surface area contributed by atoms with E-state index >= 15 is 0 Å². The predicted molar refractivity (Wildman–Crippen MR) is 59.6 cm³/mol. The Bertz CT molecular complexity index is 387. The van der Waals surface area contributed by atoms with Gasteiger partial charge in [-0.1, -0.05) is 17.7 Å². The van der Waals surface area contributed by atoms with E-state index < -0.39 is 0 Å². The number of benzene rings is 1. The number of hydrogen-bond donors (Lipinski definition) is 0. The zero-order chi connectivity index (χ0) is 10.8. The molecule has 1 aromatic carbocycles. The second-order valence-electron chi connectivity index (χ2n) is 3.81. The lowest BCUT2D eigenvalue weighted by Crippen LogP contribution is -2.04. The number of methoxy groups -OCH3 is 1. The summed E-state index contributed by atoms with van der Waals surface area (Å²) in [5.41, 5.74) is 1.02. The summed E-state index contributed by atoms with van der Waals surface area (Å²) in [7, 11) is 1.58. The molecule has 0 saturated heterocycles. The van der Waals surface area contributed by atoms with Crippen molar-refractivity contribution in [3.05, 3.63) is 28.8 Å². The number of rotatable bonds is 2. The molecule has 0 radical (unpaired) electrons. The summed E-state index contributed by atoms with van der Waals surface area (Å²) < 4.78 is 5.07. The molecule has 80 valence electrons. The third kappa shape index (κ3) is 2.00. The van der Waals surface area contributed by atoms with Crippen LogP contribution in [0.15, 0.2) is 18.2 Å². The summed E-state index contributed by atoms with van der Waals surface area (Å²) in [5.74, 6) is 1.04. The lowest BCUT2D eigenvalue weighted by molar-refractivity contribution is -0.118. The summed E-state index contributed by atoms with van der Waals surface area (Å²) in [6, 6.07) is 5.59. The number of halogens is 1. The van der Waals surface area contributed by atoms with Crippen LogP contribution in [0.1, 0.15) is 30.7 Å². The van der Waals surface area contributed by atoms with Crippen LogP contribution in [0.2, 0.25) is 5.02 Å². The summed E-state index contributed by atoms with van der Waals surface area (Å²) in [5, 5.41) is 0.578. The van der Waals surface area contributed by atoms with Gasteiger partial charge in [0.05, 0.1) is 12.1 Å². The second kappa shape index (κ2) is 4.23. The first kappa shape index (κ1) is 10.5. The number of Topliss-reactive ketones (excluding diaryl/α,β-unsaturated/α-hetero) is 1. The van der Waals surface area contributed by atoms with Gasteiger partial charge in [0, 0.05) is 12.3 Å². The van der Waals surface area contributed by atoms with Crippen molar-refractivity contribution in [1.29, 1.82) is 0 Å². The smallest absolute Gasteiger partial charge is 0.140 e. The largest absolute Gasteiger partial charge is 0.495 e. The molecule has 0 N–H and O–H groups in total. The highest BCUT2D eigenvalue weighted by molar-refractivity contribution is 6.32. The Kier molecular flexibility index (Phi) is 2.96. The molecular formula is C12H13ClO2. The van der Waals surface area contributed by atoms with Gasteiger partial charge in [-0.05, 0) is 30.5 Å².